The lowest BCUT2D eigenvalue weighted by atomic mass is 10.00. The molecule has 0 aliphatic carbocycles. The molecule has 3 heterocycles. The number of rotatable bonds is 3. The number of hydrogen-bond donors (Lipinski definition) is 0. The van der Waals surface area contributed by atoms with Gasteiger partial charge in [-0.3, -0.25) is 9.78 Å². The van der Waals surface area contributed by atoms with Crippen LogP contribution in [0.4, 0.5) is 13.2 Å². The highest BCUT2D eigenvalue weighted by Crippen LogP contribution is 2.33. The van der Waals surface area contributed by atoms with E-state index in [0.717, 1.165) is 24.1 Å². The number of alkyl halides is 3. The van der Waals surface area contributed by atoms with Crippen LogP contribution in [0.3, 0.4) is 0 Å². The second-order valence-corrected chi connectivity index (χ2v) is 6.66. The second kappa shape index (κ2) is 7.10. The van der Waals surface area contributed by atoms with Crippen molar-refractivity contribution in [2.24, 2.45) is 0 Å². The van der Waals surface area contributed by atoms with Crippen LogP contribution in [-0.4, -0.2) is 34.0 Å². The van der Waals surface area contributed by atoms with Gasteiger partial charge in [-0.05, 0) is 36.2 Å². The Morgan fingerprint density at radius 3 is 2.50 bits per heavy atom. The minimum atomic E-state index is -4.42. The van der Waals surface area contributed by atoms with E-state index in [1.807, 2.05) is 12.1 Å². The van der Waals surface area contributed by atoms with E-state index in [2.05, 4.69) is 10.1 Å². The zero-order valence-electron chi connectivity index (χ0n) is 14.7. The predicted molar refractivity (Wildman–Crippen MR) is 94.4 cm³/mol. The summed E-state index contributed by atoms with van der Waals surface area (Å²) in [5.41, 5.74) is 0.982. The van der Waals surface area contributed by atoms with Crippen LogP contribution in [0.15, 0.2) is 59.5 Å². The third-order valence-corrected chi connectivity index (χ3v) is 4.93. The summed E-state index contributed by atoms with van der Waals surface area (Å²) in [5.74, 6) is 0.153. The smallest absolute Gasteiger partial charge is 0.355 e. The molecule has 0 radical (unpaired) electrons. The maximum Gasteiger partial charge on any atom is 0.416 e. The van der Waals surface area contributed by atoms with Crippen LogP contribution < -0.4 is 0 Å². The molecule has 0 spiro atoms. The van der Waals surface area contributed by atoms with Gasteiger partial charge in [0, 0.05) is 37.0 Å². The van der Waals surface area contributed by atoms with Crippen molar-refractivity contribution in [3.63, 3.8) is 0 Å². The number of carbonyl (C=O) groups excluding carboxylic acids is 1. The molecule has 8 heteroatoms. The summed E-state index contributed by atoms with van der Waals surface area (Å²) in [6, 6.07) is 8.36. The second-order valence-electron chi connectivity index (χ2n) is 6.66. The van der Waals surface area contributed by atoms with Gasteiger partial charge in [0.05, 0.1) is 11.8 Å². The quantitative estimate of drug-likeness (QED) is 0.669. The normalized spacial score (nSPS) is 17.1. The van der Waals surface area contributed by atoms with Gasteiger partial charge in [-0.2, -0.15) is 13.2 Å². The number of benzene rings is 1. The first kappa shape index (κ1) is 18.2. The molecule has 1 aliphatic rings. The van der Waals surface area contributed by atoms with Crippen molar-refractivity contribution in [2.45, 2.75) is 18.5 Å². The van der Waals surface area contributed by atoms with Gasteiger partial charge in [0.2, 0.25) is 0 Å². The molecule has 144 valence electrons. The molecule has 0 bridgehead atoms. The van der Waals surface area contributed by atoms with Gasteiger partial charge < -0.3 is 9.42 Å². The van der Waals surface area contributed by atoms with Crippen molar-refractivity contribution in [1.82, 2.24) is 15.0 Å². The maximum absolute atomic E-state index is 12.9. The van der Waals surface area contributed by atoms with Gasteiger partial charge >= 0.3 is 6.18 Å². The number of hydrogen-bond acceptors (Lipinski definition) is 4. The lowest BCUT2D eigenvalue weighted by Gasteiger charge is -2.16. The summed E-state index contributed by atoms with van der Waals surface area (Å²) in [6.07, 6.45) is 1.17. The Bertz CT molecular complexity index is 968. The van der Waals surface area contributed by atoms with Crippen LogP contribution in [0.1, 0.15) is 33.8 Å². The highest BCUT2D eigenvalue weighted by Gasteiger charge is 2.32. The Morgan fingerprint density at radius 2 is 1.82 bits per heavy atom. The number of halogens is 3. The summed E-state index contributed by atoms with van der Waals surface area (Å²) in [4.78, 5) is 18.7. The Balaban J connectivity index is 1.53. The summed E-state index contributed by atoms with van der Waals surface area (Å²) < 4.78 is 43.4. The highest BCUT2D eigenvalue weighted by molar-refractivity contribution is 5.99. The van der Waals surface area contributed by atoms with Crippen molar-refractivity contribution >= 4 is 5.91 Å². The van der Waals surface area contributed by atoms with E-state index in [4.69, 9.17) is 4.52 Å². The molecule has 28 heavy (non-hydrogen) atoms. The Kier molecular flexibility index (Phi) is 4.62. The summed E-state index contributed by atoms with van der Waals surface area (Å²) >= 11 is 0. The van der Waals surface area contributed by atoms with Gasteiger partial charge in [-0.25, -0.2) is 0 Å². The predicted octanol–water partition coefficient (Wildman–Crippen LogP) is 4.39. The fraction of sp³-hybridized carbons (Fsp3) is 0.250. The van der Waals surface area contributed by atoms with E-state index in [1.165, 1.54) is 18.3 Å². The van der Waals surface area contributed by atoms with Gasteiger partial charge in [0.1, 0.15) is 5.56 Å². The fourth-order valence-electron chi connectivity index (χ4n) is 3.43. The minimum Gasteiger partial charge on any atom is -0.355 e. The largest absolute Gasteiger partial charge is 0.416 e. The first-order valence-corrected chi connectivity index (χ1v) is 8.75. The average molecular weight is 387 g/mol. The van der Waals surface area contributed by atoms with Crippen LogP contribution in [0, 0.1) is 0 Å². The van der Waals surface area contributed by atoms with Crippen molar-refractivity contribution in [2.75, 3.05) is 13.1 Å². The molecule has 2 aromatic heterocycles. The molecule has 1 atom stereocenters. The first-order chi connectivity index (χ1) is 13.4. The molecule has 1 aliphatic heterocycles. The molecule has 4 rings (SSSR count). The van der Waals surface area contributed by atoms with E-state index >= 15 is 0 Å². The third kappa shape index (κ3) is 3.49. The number of aromatic nitrogens is 2. The van der Waals surface area contributed by atoms with Gasteiger partial charge in [-0.15, -0.1) is 0 Å². The molecule has 1 aromatic carbocycles. The van der Waals surface area contributed by atoms with E-state index in [0.29, 0.717) is 18.7 Å². The number of carbonyl (C=O) groups is 1. The van der Waals surface area contributed by atoms with Crippen LogP contribution in [0.5, 0.6) is 0 Å². The van der Waals surface area contributed by atoms with E-state index in [9.17, 15) is 18.0 Å². The van der Waals surface area contributed by atoms with Crippen LogP contribution in [0.2, 0.25) is 0 Å². The zero-order chi connectivity index (χ0) is 19.7. The van der Waals surface area contributed by atoms with Crippen LogP contribution in [0.25, 0.3) is 11.3 Å². The molecule has 0 saturated carbocycles. The Labute approximate surface area is 158 Å². The van der Waals surface area contributed by atoms with Gasteiger partial charge in [0.15, 0.2) is 5.76 Å². The van der Waals surface area contributed by atoms with E-state index in [-0.39, 0.29) is 23.1 Å². The average Bonchev–Trinajstić information content (AvgIpc) is 3.37. The van der Waals surface area contributed by atoms with Gasteiger partial charge in [-0.1, -0.05) is 17.3 Å². The number of nitrogens with zero attached hydrogens (tertiary/aromatic N) is 3. The topological polar surface area (TPSA) is 59.2 Å². The Hall–Kier alpha value is -3.16. The Morgan fingerprint density at radius 1 is 1.11 bits per heavy atom. The SMILES string of the molecule is O=C(c1cnoc1-c1ccc(C(F)(F)F)cc1)N1CCC(c2ccncc2)C1. The third-order valence-electron chi connectivity index (χ3n) is 4.93. The van der Waals surface area contributed by atoms with E-state index < -0.39 is 11.7 Å². The number of amides is 1. The van der Waals surface area contributed by atoms with Crippen molar-refractivity contribution in [3.8, 4) is 11.3 Å². The lowest BCUT2D eigenvalue weighted by molar-refractivity contribution is -0.137. The lowest BCUT2D eigenvalue weighted by Crippen LogP contribution is -2.28. The molecule has 5 nitrogen and oxygen atoms in total. The molecule has 3 aromatic rings. The van der Waals surface area contributed by atoms with Crippen molar-refractivity contribution in [1.29, 1.82) is 0 Å². The molecule has 1 fully saturated rings. The summed E-state index contributed by atoms with van der Waals surface area (Å²) in [6.45, 7) is 1.14. The molecular weight excluding hydrogens is 371 g/mol. The molecule has 1 saturated heterocycles. The van der Waals surface area contributed by atoms with Crippen LogP contribution >= 0.6 is 0 Å². The molecule has 0 N–H and O–H groups in total. The van der Waals surface area contributed by atoms with Crippen molar-refractivity contribution < 1.29 is 22.5 Å². The zero-order valence-corrected chi connectivity index (χ0v) is 14.7. The molecule has 1 amide bonds. The fourth-order valence-corrected chi connectivity index (χ4v) is 3.43. The van der Waals surface area contributed by atoms with Crippen LogP contribution in [-0.2, 0) is 6.18 Å². The maximum atomic E-state index is 12.9. The van der Waals surface area contributed by atoms with E-state index in [1.54, 1.807) is 17.3 Å². The minimum absolute atomic E-state index is 0.172. The van der Waals surface area contributed by atoms with Crippen molar-refractivity contribution in [3.05, 3.63) is 71.7 Å². The standard InChI is InChI=1S/C20H16F3N3O2/c21-20(22,23)16-3-1-14(2-4-16)18-17(11-25-28-18)19(27)26-10-7-15(12-26)13-5-8-24-9-6-13/h1-6,8-9,11,15H,7,10,12H2. The van der Waals surface area contributed by atoms with Gasteiger partial charge in [0.25, 0.3) is 5.91 Å². The highest BCUT2D eigenvalue weighted by atomic mass is 19.4. The molecular formula is C20H16F3N3O2. The monoisotopic (exact) mass is 387 g/mol. The number of pyridine rings is 1. The molecule has 1 unspecified atom stereocenters. The number of likely N-dealkylation sites (tertiary alicyclic amines) is 1. The summed E-state index contributed by atoms with van der Waals surface area (Å²) in [5, 5.41) is 3.69. The first-order valence-electron chi connectivity index (χ1n) is 8.75. The summed E-state index contributed by atoms with van der Waals surface area (Å²) in [7, 11) is 0.